The SMILES string of the molecule is Cl.NCCNC(=O)c1ccccc1NC(=O)c1ccc(NC2CC2)c([N+](=O)[O-])c1. The number of nitrogens with one attached hydrogen (secondary N) is 3. The number of carbonyl (C=O) groups excluding carboxylic acids is 2. The summed E-state index contributed by atoms with van der Waals surface area (Å²) in [7, 11) is 0. The Morgan fingerprint density at radius 2 is 1.83 bits per heavy atom. The summed E-state index contributed by atoms with van der Waals surface area (Å²) in [6.45, 7) is 0.605. The Morgan fingerprint density at radius 3 is 2.48 bits per heavy atom. The molecule has 2 aromatic carbocycles. The molecule has 0 heterocycles. The zero-order chi connectivity index (χ0) is 20.1. The molecule has 0 atom stereocenters. The molecule has 9 nitrogen and oxygen atoms in total. The lowest BCUT2D eigenvalue weighted by Gasteiger charge is -2.12. The molecule has 2 aromatic rings. The minimum Gasteiger partial charge on any atom is -0.377 e. The third kappa shape index (κ3) is 5.66. The van der Waals surface area contributed by atoms with Gasteiger partial charge in [-0.15, -0.1) is 12.4 Å². The highest BCUT2D eigenvalue weighted by Gasteiger charge is 2.25. The van der Waals surface area contributed by atoms with Crippen LogP contribution >= 0.6 is 12.4 Å². The number of hydrogen-bond acceptors (Lipinski definition) is 6. The van der Waals surface area contributed by atoms with Gasteiger partial charge in [0.1, 0.15) is 5.69 Å². The zero-order valence-corrected chi connectivity index (χ0v) is 16.3. The van der Waals surface area contributed by atoms with Crippen LogP contribution in [0, 0.1) is 10.1 Å². The van der Waals surface area contributed by atoms with Crippen molar-refractivity contribution in [2.75, 3.05) is 23.7 Å². The summed E-state index contributed by atoms with van der Waals surface area (Å²) >= 11 is 0. The van der Waals surface area contributed by atoms with Crippen LogP contribution in [0.25, 0.3) is 0 Å². The number of nitro groups is 1. The van der Waals surface area contributed by atoms with Crippen LogP contribution in [0.3, 0.4) is 0 Å². The van der Waals surface area contributed by atoms with Crippen LogP contribution in [0.15, 0.2) is 42.5 Å². The van der Waals surface area contributed by atoms with Crippen molar-refractivity contribution in [1.82, 2.24) is 5.32 Å². The van der Waals surface area contributed by atoms with Crippen molar-refractivity contribution in [3.63, 3.8) is 0 Å². The molecule has 1 saturated carbocycles. The van der Waals surface area contributed by atoms with Crippen molar-refractivity contribution >= 4 is 41.3 Å². The molecule has 2 amide bonds. The van der Waals surface area contributed by atoms with E-state index in [1.807, 2.05) is 0 Å². The van der Waals surface area contributed by atoms with Crippen LogP contribution in [0.2, 0.25) is 0 Å². The minimum atomic E-state index is -0.542. The van der Waals surface area contributed by atoms with Gasteiger partial charge in [0, 0.05) is 30.8 Å². The number of amides is 2. The van der Waals surface area contributed by atoms with E-state index < -0.39 is 10.8 Å². The van der Waals surface area contributed by atoms with E-state index in [1.54, 1.807) is 24.3 Å². The lowest BCUT2D eigenvalue weighted by atomic mass is 10.1. The van der Waals surface area contributed by atoms with Crippen molar-refractivity contribution in [2.45, 2.75) is 18.9 Å². The maximum Gasteiger partial charge on any atom is 0.293 e. The van der Waals surface area contributed by atoms with Crippen LogP contribution < -0.4 is 21.7 Å². The predicted octanol–water partition coefficient (Wildman–Crippen LogP) is 2.53. The molecule has 5 N–H and O–H groups in total. The number of halogens is 1. The number of nitrogens with two attached hydrogens (primary N) is 1. The van der Waals surface area contributed by atoms with Crippen molar-refractivity contribution < 1.29 is 14.5 Å². The molecule has 0 saturated heterocycles. The Kier molecular flexibility index (Phi) is 7.52. The Bertz CT molecular complexity index is 917. The second-order valence-electron chi connectivity index (χ2n) is 6.45. The summed E-state index contributed by atoms with van der Waals surface area (Å²) in [5.41, 5.74) is 6.35. The maximum atomic E-state index is 12.6. The lowest BCUT2D eigenvalue weighted by Crippen LogP contribution is -2.30. The second-order valence-corrected chi connectivity index (χ2v) is 6.45. The van der Waals surface area contributed by atoms with Gasteiger partial charge in [-0.05, 0) is 37.1 Å². The van der Waals surface area contributed by atoms with Crippen molar-refractivity contribution in [2.24, 2.45) is 5.73 Å². The highest BCUT2D eigenvalue weighted by Crippen LogP contribution is 2.31. The molecule has 0 unspecified atom stereocenters. The third-order valence-electron chi connectivity index (χ3n) is 4.24. The molecule has 0 spiro atoms. The van der Waals surface area contributed by atoms with Crippen LogP contribution in [0.5, 0.6) is 0 Å². The molecule has 1 fully saturated rings. The van der Waals surface area contributed by atoms with Gasteiger partial charge < -0.3 is 21.7 Å². The summed E-state index contributed by atoms with van der Waals surface area (Å²) in [6.07, 6.45) is 1.95. The smallest absolute Gasteiger partial charge is 0.293 e. The lowest BCUT2D eigenvalue weighted by molar-refractivity contribution is -0.384. The molecule has 3 rings (SSSR count). The van der Waals surface area contributed by atoms with Gasteiger partial charge in [-0.1, -0.05) is 12.1 Å². The molecule has 10 heteroatoms. The van der Waals surface area contributed by atoms with Gasteiger partial charge in [-0.3, -0.25) is 19.7 Å². The second kappa shape index (κ2) is 9.85. The topological polar surface area (TPSA) is 139 Å². The molecule has 1 aliphatic carbocycles. The van der Waals surface area contributed by atoms with E-state index in [-0.39, 0.29) is 41.2 Å². The molecule has 154 valence electrons. The van der Waals surface area contributed by atoms with E-state index in [0.717, 1.165) is 12.8 Å². The highest BCUT2D eigenvalue weighted by molar-refractivity contribution is 6.09. The first-order valence-electron chi connectivity index (χ1n) is 8.93. The fourth-order valence-electron chi connectivity index (χ4n) is 2.66. The van der Waals surface area contributed by atoms with E-state index in [9.17, 15) is 19.7 Å². The molecule has 0 bridgehead atoms. The number of carbonyl (C=O) groups is 2. The van der Waals surface area contributed by atoms with Gasteiger partial charge in [0.25, 0.3) is 17.5 Å². The molecule has 0 radical (unpaired) electrons. The van der Waals surface area contributed by atoms with Crippen LogP contribution in [-0.2, 0) is 0 Å². The van der Waals surface area contributed by atoms with Crippen molar-refractivity contribution in [1.29, 1.82) is 0 Å². The van der Waals surface area contributed by atoms with Gasteiger partial charge in [-0.25, -0.2) is 0 Å². The average Bonchev–Trinajstić information content (AvgIpc) is 3.50. The van der Waals surface area contributed by atoms with Gasteiger partial charge in [0.2, 0.25) is 0 Å². The Morgan fingerprint density at radius 1 is 1.10 bits per heavy atom. The van der Waals surface area contributed by atoms with Crippen molar-refractivity contribution in [3.05, 3.63) is 63.7 Å². The molecular weight excluding hydrogens is 398 g/mol. The first-order valence-corrected chi connectivity index (χ1v) is 8.93. The molecular formula is C19H22ClN5O4. The van der Waals surface area contributed by atoms with Crippen LogP contribution in [0.4, 0.5) is 17.1 Å². The zero-order valence-electron chi connectivity index (χ0n) is 15.5. The number of hydrogen-bond donors (Lipinski definition) is 4. The number of nitro benzene ring substituents is 1. The Balaban J connectivity index is 0.00000300. The highest BCUT2D eigenvalue weighted by atomic mass is 35.5. The first kappa shape index (κ1) is 22.1. The summed E-state index contributed by atoms with van der Waals surface area (Å²) in [6, 6.07) is 11.1. The van der Waals surface area contributed by atoms with E-state index in [4.69, 9.17) is 5.73 Å². The number of rotatable bonds is 8. The number of anilines is 2. The molecule has 0 aromatic heterocycles. The minimum absolute atomic E-state index is 0. The predicted molar refractivity (Wildman–Crippen MR) is 113 cm³/mol. The average molecular weight is 420 g/mol. The molecule has 29 heavy (non-hydrogen) atoms. The van der Waals surface area contributed by atoms with Gasteiger partial charge in [0.15, 0.2) is 0 Å². The largest absolute Gasteiger partial charge is 0.377 e. The van der Waals surface area contributed by atoms with E-state index in [2.05, 4.69) is 16.0 Å². The third-order valence-corrected chi connectivity index (χ3v) is 4.24. The van der Waals surface area contributed by atoms with Crippen LogP contribution in [-0.4, -0.2) is 35.9 Å². The Hall–Kier alpha value is -3.17. The number of nitrogens with zero attached hydrogens (tertiary/aromatic N) is 1. The summed E-state index contributed by atoms with van der Waals surface area (Å²) in [4.78, 5) is 35.7. The number of para-hydroxylation sites is 1. The van der Waals surface area contributed by atoms with Gasteiger partial charge >= 0.3 is 0 Å². The van der Waals surface area contributed by atoms with Gasteiger partial charge in [-0.2, -0.15) is 0 Å². The maximum absolute atomic E-state index is 12.6. The summed E-state index contributed by atoms with van der Waals surface area (Å²) in [5, 5.41) is 19.8. The fraction of sp³-hybridized carbons (Fsp3) is 0.263. The quantitative estimate of drug-likeness (QED) is 0.383. The van der Waals surface area contributed by atoms with E-state index in [1.165, 1.54) is 18.2 Å². The van der Waals surface area contributed by atoms with Crippen molar-refractivity contribution in [3.8, 4) is 0 Å². The normalized spacial score (nSPS) is 12.4. The van der Waals surface area contributed by atoms with Crippen LogP contribution in [0.1, 0.15) is 33.6 Å². The first-order chi connectivity index (χ1) is 13.5. The monoisotopic (exact) mass is 419 g/mol. The Labute approximate surface area is 173 Å². The molecule has 1 aliphatic rings. The number of benzene rings is 2. The fourth-order valence-corrected chi connectivity index (χ4v) is 2.66. The summed E-state index contributed by atoms with van der Waals surface area (Å²) in [5.74, 6) is -0.906. The van der Waals surface area contributed by atoms with Gasteiger partial charge in [0.05, 0.1) is 16.2 Å². The van der Waals surface area contributed by atoms with E-state index >= 15 is 0 Å². The summed E-state index contributed by atoms with van der Waals surface area (Å²) < 4.78 is 0. The van der Waals surface area contributed by atoms with E-state index in [0.29, 0.717) is 24.5 Å². The molecule has 0 aliphatic heterocycles. The standard InChI is InChI=1S/C19H21N5O4.ClH/c20-9-10-21-19(26)14-3-1-2-4-15(14)23-18(25)12-5-8-16(22-13-6-7-13)17(11-12)24(27)28;/h1-5,8,11,13,22H,6-7,9-10,20H2,(H,21,26)(H,23,25);1H.